The number of carbonyl (C=O) groups is 2. The molecule has 1 aliphatic heterocycles. The van der Waals surface area contributed by atoms with Gasteiger partial charge in [-0.05, 0) is 114 Å². The average Bonchev–Trinajstić information content (AvgIpc) is 3.76. The predicted octanol–water partition coefficient (Wildman–Crippen LogP) is 8.45. The maximum Gasteiger partial charge on any atom is 0.410 e. The highest BCUT2D eigenvalue weighted by atomic mass is 16.6. The van der Waals surface area contributed by atoms with E-state index in [1.807, 2.05) is 57.2 Å². The fourth-order valence-electron chi connectivity index (χ4n) is 6.88. The second-order valence-corrected chi connectivity index (χ2v) is 16.3. The standard InChI is InChI=1S/C46H65N7O8/c1-45(2,3)61-44(56)53-25-21-46(22-26-53,43-49-42(51-52-43)37-19-23-47-24-20-37)50-39-13-11-12-38(34-39)48-35-36-15-17-40(18-16-36)60-29-10-5-4-8-27-57-30-32-59-33-31-58-28-9-6-7-14-41(54)55/h11-13,15-20,23-24,34,48,50H,4-10,14,21-22,25-33,35H2,1-3H3,(H,54,55)(H,49,51,52). The fraction of sp³-hybridized carbons (Fsp3) is 0.543. The lowest BCUT2D eigenvalue weighted by atomic mass is 9.86. The van der Waals surface area contributed by atoms with Crippen LogP contribution in [0.4, 0.5) is 16.2 Å². The van der Waals surface area contributed by atoms with Crippen LogP contribution in [0.1, 0.15) is 96.4 Å². The number of amides is 1. The molecule has 1 amide bonds. The number of rotatable bonds is 27. The van der Waals surface area contributed by atoms with Gasteiger partial charge < -0.3 is 49.3 Å². The molecule has 1 fully saturated rings. The number of hydrogen-bond acceptors (Lipinski definition) is 12. The molecule has 1 aliphatic rings. The molecule has 0 bridgehead atoms. The van der Waals surface area contributed by atoms with Crippen molar-refractivity contribution in [3.63, 3.8) is 0 Å². The smallest absolute Gasteiger partial charge is 0.410 e. The van der Waals surface area contributed by atoms with E-state index in [-0.39, 0.29) is 12.5 Å². The minimum atomic E-state index is -0.745. The van der Waals surface area contributed by atoms with E-state index in [2.05, 4.69) is 55.1 Å². The molecular weight excluding hydrogens is 779 g/mol. The van der Waals surface area contributed by atoms with Gasteiger partial charge in [0.2, 0.25) is 0 Å². The molecule has 4 N–H and O–H groups in total. The van der Waals surface area contributed by atoms with Crippen molar-refractivity contribution in [2.75, 3.05) is 70.0 Å². The summed E-state index contributed by atoms with van der Waals surface area (Å²) in [5.74, 6) is 1.50. The van der Waals surface area contributed by atoms with Crippen LogP contribution in [0.5, 0.6) is 5.75 Å². The second-order valence-electron chi connectivity index (χ2n) is 16.3. The number of unbranched alkanes of at least 4 members (excludes halogenated alkanes) is 5. The molecule has 15 heteroatoms. The Morgan fingerprint density at radius 3 is 2.05 bits per heavy atom. The van der Waals surface area contributed by atoms with Gasteiger partial charge in [-0.3, -0.25) is 9.78 Å². The number of nitrogens with one attached hydrogen (secondary N) is 3. The van der Waals surface area contributed by atoms with Crippen molar-refractivity contribution in [1.82, 2.24) is 25.1 Å². The summed E-state index contributed by atoms with van der Waals surface area (Å²) in [6.45, 7) is 11.5. The summed E-state index contributed by atoms with van der Waals surface area (Å²) in [5.41, 5.74) is 2.78. The lowest BCUT2D eigenvalue weighted by molar-refractivity contribution is -0.137. The number of aliphatic carboxylic acids is 1. The molecule has 4 aromatic rings. The zero-order valence-corrected chi connectivity index (χ0v) is 36.2. The number of piperidine rings is 1. The second kappa shape index (κ2) is 24.9. The molecular formula is C46H65N7O8. The maximum absolute atomic E-state index is 12.9. The third-order valence-corrected chi connectivity index (χ3v) is 10.2. The lowest BCUT2D eigenvalue weighted by Gasteiger charge is -2.41. The molecule has 2 aromatic carbocycles. The van der Waals surface area contributed by atoms with Crippen molar-refractivity contribution in [1.29, 1.82) is 0 Å². The Balaban J connectivity index is 0.981. The summed E-state index contributed by atoms with van der Waals surface area (Å²) in [6, 6.07) is 20.2. The van der Waals surface area contributed by atoms with Crippen LogP contribution in [0, 0.1) is 0 Å². The van der Waals surface area contributed by atoms with Gasteiger partial charge in [0.25, 0.3) is 0 Å². The number of ether oxygens (including phenoxy) is 5. The number of nitrogens with zero attached hydrogens (tertiary/aromatic N) is 4. The molecule has 332 valence electrons. The number of aromatic nitrogens is 4. The van der Waals surface area contributed by atoms with Gasteiger partial charge in [-0.2, -0.15) is 0 Å². The number of benzene rings is 2. The Morgan fingerprint density at radius 2 is 1.39 bits per heavy atom. The third-order valence-electron chi connectivity index (χ3n) is 10.2. The summed E-state index contributed by atoms with van der Waals surface area (Å²) in [4.78, 5) is 32.8. The van der Waals surface area contributed by atoms with Gasteiger partial charge in [0.05, 0.1) is 33.0 Å². The number of H-pyrrole nitrogens is 1. The molecule has 0 aliphatic carbocycles. The normalized spacial score (nSPS) is 13.8. The Morgan fingerprint density at radius 1 is 0.770 bits per heavy atom. The molecule has 2 aromatic heterocycles. The number of carboxylic acid groups (broad SMARTS) is 1. The van der Waals surface area contributed by atoms with Crippen molar-refractivity contribution in [2.24, 2.45) is 0 Å². The maximum atomic E-state index is 12.9. The molecule has 0 unspecified atom stereocenters. The zero-order valence-electron chi connectivity index (χ0n) is 36.2. The minimum absolute atomic E-state index is 0.222. The number of likely N-dealkylation sites (tertiary alicyclic amines) is 1. The quantitative estimate of drug-likeness (QED) is 0.0420. The van der Waals surface area contributed by atoms with Crippen LogP contribution in [0.15, 0.2) is 73.1 Å². The van der Waals surface area contributed by atoms with Gasteiger partial charge in [-0.25, -0.2) is 4.79 Å². The Bertz CT molecular complexity index is 1860. The van der Waals surface area contributed by atoms with E-state index in [1.165, 1.54) is 0 Å². The van der Waals surface area contributed by atoms with Crippen molar-refractivity contribution >= 4 is 23.4 Å². The molecule has 3 heterocycles. The van der Waals surface area contributed by atoms with Crippen LogP contribution in [0.2, 0.25) is 0 Å². The summed E-state index contributed by atoms with van der Waals surface area (Å²) >= 11 is 0. The van der Waals surface area contributed by atoms with Gasteiger partial charge in [0.1, 0.15) is 16.9 Å². The van der Waals surface area contributed by atoms with Crippen LogP contribution in [0.3, 0.4) is 0 Å². The molecule has 0 spiro atoms. The summed E-state index contributed by atoms with van der Waals surface area (Å²) < 4.78 is 28.4. The van der Waals surface area contributed by atoms with E-state index in [1.54, 1.807) is 17.3 Å². The number of hydrogen-bond donors (Lipinski definition) is 4. The van der Waals surface area contributed by atoms with E-state index in [9.17, 15) is 9.59 Å². The predicted molar refractivity (Wildman–Crippen MR) is 235 cm³/mol. The van der Waals surface area contributed by atoms with Crippen LogP contribution in [0.25, 0.3) is 11.4 Å². The number of pyridine rings is 1. The number of anilines is 2. The SMILES string of the molecule is CC(C)(C)OC(=O)N1CCC(Nc2cccc(NCc3ccc(OCCCCCCOCCOCCOCCCCCC(=O)O)cc3)c2)(c2nnc(-c3ccncc3)[nH]2)CC1. The topological polar surface area (TPSA) is 182 Å². The summed E-state index contributed by atoms with van der Waals surface area (Å²) in [6.07, 6.45) is 11.2. The lowest BCUT2D eigenvalue weighted by Crippen LogP contribution is -2.50. The molecule has 61 heavy (non-hydrogen) atoms. The molecule has 0 radical (unpaired) electrons. The van der Waals surface area contributed by atoms with Crippen molar-refractivity contribution in [3.05, 3.63) is 84.4 Å². The first kappa shape index (κ1) is 46.8. The van der Waals surface area contributed by atoms with Crippen molar-refractivity contribution in [3.8, 4) is 17.1 Å². The Labute approximate surface area is 360 Å². The monoisotopic (exact) mass is 843 g/mol. The van der Waals surface area contributed by atoms with Crippen LogP contribution >= 0.6 is 0 Å². The van der Waals surface area contributed by atoms with Crippen LogP contribution in [-0.2, 0) is 35.8 Å². The van der Waals surface area contributed by atoms with E-state index >= 15 is 0 Å². The van der Waals surface area contributed by atoms with E-state index < -0.39 is 17.1 Å². The largest absolute Gasteiger partial charge is 0.494 e. The fourth-order valence-corrected chi connectivity index (χ4v) is 6.88. The molecule has 0 saturated carbocycles. The Kier molecular flexibility index (Phi) is 19.1. The van der Waals surface area contributed by atoms with Crippen molar-refractivity contribution in [2.45, 2.75) is 103 Å². The highest BCUT2D eigenvalue weighted by molar-refractivity contribution is 5.68. The third kappa shape index (κ3) is 17.0. The van der Waals surface area contributed by atoms with Gasteiger partial charge in [0.15, 0.2) is 11.6 Å². The first-order valence-electron chi connectivity index (χ1n) is 21.7. The average molecular weight is 844 g/mol. The number of carbonyl (C=O) groups excluding carboxylic acids is 1. The molecule has 5 rings (SSSR count). The van der Waals surface area contributed by atoms with Crippen LogP contribution < -0.4 is 15.4 Å². The van der Waals surface area contributed by atoms with Gasteiger partial charge >= 0.3 is 12.1 Å². The molecule has 0 atom stereocenters. The minimum Gasteiger partial charge on any atom is -0.494 e. The highest BCUT2D eigenvalue weighted by Gasteiger charge is 2.41. The van der Waals surface area contributed by atoms with E-state index in [4.69, 9.17) is 28.8 Å². The highest BCUT2D eigenvalue weighted by Crippen LogP contribution is 2.36. The first-order chi connectivity index (χ1) is 29.6. The van der Waals surface area contributed by atoms with E-state index in [0.29, 0.717) is 90.2 Å². The molecule has 1 saturated heterocycles. The zero-order chi connectivity index (χ0) is 43.2. The molecule has 15 nitrogen and oxygen atoms in total. The number of carboxylic acids is 1. The van der Waals surface area contributed by atoms with Gasteiger partial charge in [0, 0.05) is 68.6 Å². The number of aromatic amines is 1. The first-order valence-corrected chi connectivity index (χ1v) is 21.7. The van der Waals surface area contributed by atoms with Gasteiger partial charge in [-0.15, -0.1) is 10.2 Å². The van der Waals surface area contributed by atoms with E-state index in [0.717, 1.165) is 73.4 Å². The van der Waals surface area contributed by atoms with Gasteiger partial charge in [-0.1, -0.05) is 31.0 Å². The van der Waals surface area contributed by atoms with Crippen LogP contribution in [-0.4, -0.2) is 107 Å². The summed E-state index contributed by atoms with van der Waals surface area (Å²) in [7, 11) is 0. The Hall–Kier alpha value is -5.25. The van der Waals surface area contributed by atoms with Crippen molar-refractivity contribution < 1.29 is 38.4 Å². The summed E-state index contributed by atoms with van der Waals surface area (Å²) in [5, 5.41) is 25.1.